The zero-order chi connectivity index (χ0) is 21.1. The Kier molecular flexibility index (Phi) is 6.66. The standard InChI is InChI=1S/C20H16BrClN2O4S/c1-11(25)28-17-10-15(21)12(8-16(17)27-3)9-18-19(26)24(2)20(29-18)23-14-6-4-13(22)5-7-14/h4-10H,1-3H3/b18-9+,23-20?. The van der Waals surface area contributed by atoms with Gasteiger partial charge in [0.2, 0.25) is 0 Å². The molecule has 0 unspecified atom stereocenters. The van der Waals surface area contributed by atoms with Gasteiger partial charge < -0.3 is 9.47 Å². The largest absolute Gasteiger partial charge is 0.493 e. The molecule has 0 spiro atoms. The van der Waals surface area contributed by atoms with Crippen molar-refractivity contribution in [3.63, 3.8) is 0 Å². The van der Waals surface area contributed by atoms with Crippen LogP contribution in [-0.4, -0.2) is 36.1 Å². The van der Waals surface area contributed by atoms with E-state index in [0.29, 0.717) is 42.3 Å². The third-order valence-electron chi connectivity index (χ3n) is 3.88. The minimum atomic E-state index is -0.451. The summed E-state index contributed by atoms with van der Waals surface area (Å²) in [5, 5.41) is 1.18. The molecule has 0 bridgehead atoms. The van der Waals surface area contributed by atoms with Gasteiger partial charge in [-0.05, 0) is 59.8 Å². The van der Waals surface area contributed by atoms with Crippen molar-refractivity contribution in [2.45, 2.75) is 6.92 Å². The Morgan fingerprint density at radius 1 is 1.24 bits per heavy atom. The average molecular weight is 496 g/mol. The van der Waals surface area contributed by atoms with Crippen molar-refractivity contribution in [1.29, 1.82) is 0 Å². The maximum absolute atomic E-state index is 12.7. The molecule has 1 saturated heterocycles. The van der Waals surface area contributed by atoms with Gasteiger partial charge >= 0.3 is 5.97 Å². The number of esters is 1. The summed E-state index contributed by atoms with van der Waals surface area (Å²) in [6, 6.07) is 10.4. The molecule has 1 amide bonds. The van der Waals surface area contributed by atoms with Gasteiger partial charge in [-0.2, -0.15) is 0 Å². The molecule has 0 aliphatic carbocycles. The average Bonchev–Trinajstić information content (AvgIpc) is 2.93. The van der Waals surface area contributed by atoms with Crippen LogP contribution < -0.4 is 9.47 Å². The molecule has 150 valence electrons. The van der Waals surface area contributed by atoms with Crippen LogP contribution in [0.1, 0.15) is 12.5 Å². The second kappa shape index (κ2) is 9.02. The second-order valence-corrected chi connectivity index (χ2v) is 8.26. The van der Waals surface area contributed by atoms with E-state index in [2.05, 4.69) is 20.9 Å². The summed E-state index contributed by atoms with van der Waals surface area (Å²) in [5.41, 5.74) is 1.40. The summed E-state index contributed by atoms with van der Waals surface area (Å²) >= 11 is 10.6. The van der Waals surface area contributed by atoms with E-state index in [1.807, 2.05) is 0 Å². The monoisotopic (exact) mass is 494 g/mol. The summed E-state index contributed by atoms with van der Waals surface area (Å²) in [7, 11) is 3.15. The lowest BCUT2D eigenvalue weighted by atomic mass is 10.2. The highest BCUT2D eigenvalue weighted by molar-refractivity contribution is 9.10. The van der Waals surface area contributed by atoms with Gasteiger partial charge in [0.25, 0.3) is 5.91 Å². The van der Waals surface area contributed by atoms with Crippen LogP contribution in [-0.2, 0) is 9.59 Å². The third kappa shape index (κ3) is 5.01. The quantitative estimate of drug-likeness (QED) is 0.328. The highest BCUT2D eigenvalue weighted by Crippen LogP contribution is 2.38. The van der Waals surface area contributed by atoms with Gasteiger partial charge in [0, 0.05) is 23.5 Å². The Labute approximate surface area is 185 Å². The van der Waals surface area contributed by atoms with E-state index < -0.39 is 5.97 Å². The Bertz CT molecular complexity index is 1040. The smallest absolute Gasteiger partial charge is 0.308 e. The molecule has 0 atom stereocenters. The molecule has 2 aromatic rings. The topological polar surface area (TPSA) is 68.2 Å². The molecular formula is C20H16BrClN2O4S. The van der Waals surface area contributed by atoms with Crippen LogP contribution in [0.2, 0.25) is 5.02 Å². The van der Waals surface area contributed by atoms with Crippen LogP contribution >= 0.6 is 39.3 Å². The first-order valence-electron chi connectivity index (χ1n) is 8.36. The van der Waals surface area contributed by atoms with Crippen LogP contribution in [0.5, 0.6) is 11.5 Å². The number of amidine groups is 1. The maximum Gasteiger partial charge on any atom is 0.308 e. The number of carbonyl (C=O) groups is 2. The molecule has 1 aliphatic heterocycles. The fourth-order valence-corrected chi connectivity index (χ4v) is 4.02. The van der Waals surface area contributed by atoms with Crippen LogP contribution in [0.4, 0.5) is 5.69 Å². The zero-order valence-corrected chi connectivity index (χ0v) is 18.9. The lowest BCUT2D eigenvalue weighted by Gasteiger charge is -2.10. The van der Waals surface area contributed by atoms with E-state index in [-0.39, 0.29) is 5.91 Å². The molecule has 0 saturated carbocycles. The number of hydrogen-bond acceptors (Lipinski definition) is 6. The summed E-state index contributed by atoms with van der Waals surface area (Å²) in [6.07, 6.45) is 1.73. The highest BCUT2D eigenvalue weighted by Gasteiger charge is 2.30. The van der Waals surface area contributed by atoms with Gasteiger partial charge in [-0.3, -0.25) is 14.5 Å². The molecule has 6 nitrogen and oxygen atoms in total. The number of aliphatic imine (C=N–C) groups is 1. The first kappa shape index (κ1) is 21.4. The number of rotatable bonds is 4. The molecule has 29 heavy (non-hydrogen) atoms. The van der Waals surface area contributed by atoms with Gasteiger partial charge in [0.1, 0.15) is 0 Å². The molecule has 0 aromatic heterocycles. The normalized spacial score (nSPS) is 16.6. The van der Waals surface area contributed by atoms with Crippen molar-refractivity contribution in [1.82, 2.24) is 4.90 Å². The maximum atomic E-state index is 12.7. The second-order valence-electron chi connectivity index (χ2n) is 5.96. The van der Waals surface area contributed by atoms with Crippen molar-refractivity contribution in [2.24, 2.45) is 4.99 Å². The minimum Gasteiger partial charge on any atom is -0.493 e. The molecule has 2 aromatic carbocycles. The number of carbonyl (C=O) groups excluding carboxylic acids is 2. The van der Waals surface area contributed by atoms with Crippen molar-refractivity contribution in [2.75, 3.05) is 14.2 Å². The Morgan fingerprint density at radius 3 is 2.55 bits per heavy atom. The van der Waals surface area contributed by atoms with Crippen LogP contribution in [0, 0.1) is 0 Å². The fourth-order valence-electron chi connectivity index (χ4n) is 2.47. The Morgan fingerprint density at radius 2 is 1.93 bits per heavy atom. The van der Waals surface area contributed by atoms with Crippen LogP contribution in [0.3, 0.4) is 0 Å². The number of methoxy groups -OCH3 is 1. The number of thioether (sulfide) groups is 1. The van der Waals surface area contributed by atoms with Crippen LogP contribution in [0.15, 0.2) is 50.8 Å². The number of hydrogen-bond donors (Lipinski definition) is 0. The first-order chi connectivity index (χ1) is 13.8. The predicted octanol–water partition coefficient (Wildman–Crippen LogP) is 5.27. The highest BCUT2D eigenvalue weighted by atomic mass is 79.9. The molecule has 1 heterocycles. The summed E-state index contributed by atoms with van der Waals surface area (Å²) < 4.78 is 11.1. The van der Waals surface area contributed by atoms with E-state index in [0.717, 1.165) is 0 Å². The number of benzene rings is 2. The van der Waals surface area contributed by atoms with Crippen molar-refractivity contribution >= 4 is 68.1 Å². The van der Waals surface area contributed by atoms with Gasteiger partial charge in [-0.1, -0.05) is 27.5 Å². The van der Waals surface area contributed by atoms with Crippen molar-refractivity contribution in [3.8, 4) is 11.5 Å². The number of ether oxygens (including phenoxy) is 2. The Balaban J connectivity index is 1.93. The van der Waals surface area contributed by atoms with E-state index in [4.69, 9.17) is 21.1 Å². The fraction of sp³-hybridized carbons (Fsp3) is 0.150. The first-order valence-corrected chi connectivity index (χ1v) is 10.3. The molecule has 9 heteroatoms. The summed E-state index contributed by atoms with van der Waals surface area (Å²) in [5.74, 6) is 0.0563. The molecule has 1 fully saturated rings. The summed E-state index contributed by atoms with van der Waals surface area (Å²) in [4.78, 5) is 30.4. The number of likely N-dealkylation sites (N-methyl/N-ethyl adjacent to an activating group) is 1. The molecule has 3 rings (SSSR count). The number of amides is 1. The number of halogens is 2. The van der Waals surface area contributed by atoms with Gasteiger partial charge in [-0.25, -0.2) is 4.99 Å². The lowest BCUT2D eigenvalue weighted by molar-refractivity contribution is -0.132. The van der Waals surface area contributed by atoms with E-state index >= 15 is 0 Å². The van der Waals surface area contributed by atoms with Crippen LogP contribution in [0.25, 0.3) is 6.08 Å². The van der Waals surface area contributed by atoms with Gasteiger partial charge in [0.05, 0.1) is 17.7 Å². The third-order valence-corrected chi connectivity index (χ3v) is 5.88. The SMILES string of the molecule is COc1cc(/C=C2/SC(=Nc3ccc(Cl)cc3)N(C)C2=O)c(Br)cc1OC(C)=O. The van der Waals surface area contributed by atoms with Crippen molar-refractivity contribution in [3.05, 3.63) is 56.4 Å². The predicted molar refractivity (Wildman–Crippen MR) is 119 cm³/mol. The van der Waals surface area contributed by atoms with Crippen molar-refractivity contribution < 1.29 is 19.1 Å². The molecular weight excluding hydrogens is 480 g/mol. The zero-order valence-electron chi connectivity index (χ0n) is 15.7. The molecule has 1 aliphatic rings. The minimum absolute atomic E-state index is 0.169. The van der Waals surface area contributed by atoms with E-state index in [1.54, 1.807) is 49.5 Å². The van der Waals surface area contributed by atoms with Gasteiger partial charge in [0.15, 0.2) is 16.7 Å². The number of nitrogens with zero attached hydrogens (tertiary/aromatic N) is 2. The van der Waals surface area contributed by atoms with E-state index in [1.165, 1.54) is 30.7 Å². The summed E-state index contributed by atoms with van der Waals surface area (Å²) in [6.45, 7) is 1.31. The Hall–Kier alpha value is -2.29. The molecule has 0 N–H and O–H groups in total. The van der Waals surface area contributed by atoms with E-state index in [9.17, 15) is 9.59 Å². The van der Waals surface area contributed by atoms with Gasteiger partial charge in [-0.15, -0.1) is 0 Å². The lowest BCUT2D eigenvalue weighted by Crippen LogP contribution is -2.23. The molecule has 0 radical (unpaired) electrons.